The molecule has 5 rings (SSSR count). The zero-order chi connectivity index (χ0) is 77.4. The molecule has 2 fully saturated rings. The largest absolute Gasteiger partial charge is 0.480 e. The van der Waals surface area contributed by atoms with Crippen molar-refractivity contribution in [1.29, 1.82) is 0 Å². The summed E-state index contributed by atoms with van der Waals surface area (Å²) in [5.41, 5.74) is 13.0. The average Bonchev–Trinajstić information content (AvgIpc) is 1.80. The molecule has 2 aliphatic rings. The monoisotopic (exact) mass is 1490 g/mol. The molecule has 580 valence electrons. The minimum atomic E-state index is -1.81. The minimum Gasteiger partial charge on any atom is -0.480 e. The van der Waals surface area contributed by atoms with Crippen LogP contribution in [0.25, 0.3) is 10.9 Å². The molecule has 18 N–H and O–H groups in total. The van der Waals surface area contributed by atoms with E-state index in [9.17, 15) is 87.2 Å². The highest BCUT2D eigenvalue weighted by atomic mass is 32.2. The number of carbonyl (C=O) groups is 15. The number of primary amides is 2. The van der Waals surface area contributed by atoms with Crippen molar-refractivity contribution in [1.82, 2.24) is 87.3 Å². The van der Waals surface area contributed by atoms with Crippen molar-refractivity contribution in [2.24, 2.45) is 29.2 Å². The molecule has 2 saturated heterocycles. The maximum absolute atomic E-state index is 14.9. The molecule has 4 heterocycles. The summed E-state index contributed by atoms with van der Waals surface area (Å²) >= 11 is 1.45. The number of rotatable bonds is 40. The Labute approximate surface area is 612 Å². The maximum Gasteiger partial charge on any atom is 0.317 e. The first-order chi connectivity index (χ1) is 49.8. The van der Waals surface area contributed by atoms with Crippen molar-refractivity contribution >= 4 is 111 Å². The fraction of sp³-hybridized carbons (Fsp3) is 0.612. The number of carboxylic acids is 3. The highest BCUT2D eigenvalue weighted by Crippen LogP contribution is 2.21. The van der Waals surface area contributed by atoms with Crippen LogP contribution in [0.5, 0.6) is 0 Å². The predicted octanol–water partition coefficient (Wildman–Crippen LogP) is -4.76. The van der Waals surface area contributed by atoms with Crippen LogP contribution < -0.4 is 59.3 Å². The van der Waals surface area contributed by atoms with Crippen molar-refractivity contribution in [2.75, 3.05) is 117 Å². The number of imidazole rings is 1. The van der Waals surface area contributed by atoms with Crippen molar-refractivity contribution in [3.8, 4) is 0 Å². The maximum atomic E-state index is 14.9. The third-order valence-corrected chi connectivity index (χ3v) is 18.3. The first-order valence-corrected chi connectivity index (χ1v) is 36.3. The van der Waals surface area contributed by atoms with E-state index in [-0.39, 0.29) is 104 Å². The lowest BCUT2D eigenvalue weighted by molar-refractivity contribution is -0.144. The summed E-state index contributed by atoms with van der Waals surface area (Å²) in [6.07, 6.45) is 7.48. The van der Waals surface area contributed by atoms with E-state index in [1.165, 1.54) is 36.1 Å². The second kappa shape index (κ2) is 43.5. The number of thioether (sulfide) groups is 1. The zero-order valence-electron chi connectivity index (χ0n) is 60.2. The van der Waals surface area contributed by atoms with Gasteiger partial charge in [0, 0.05) is 107 Å². The van der Waals surface area contributed by atoms with Gasteiger partial charge in [0.05, 0.1) is 45.6 Å². The number of nitrogens with two attached hydrogens (primary N) is 2. The van der Waals surface area contributed by atoms with Gasteiger partial charge in [-0.25, -0.2) is 4.98 Å². The number of aromatic amines is 2. The molecule has 38 heteroatoms. The standard InChI is InChI=1S/C67H103N19O18S/c1-39(2)26-48(63(100)78-47(60(69)97)14-25-105-6)79-64(101)50(28-43-31-70-38-74-43)76-53(88)33-73-66(103)58(40(3)4)81-61(98)41(5)75-62(99)49(27-42-30-71-46-13-9-8-12-44(42)46)80-65(102)51(29-45(59(68)96)67(104)86-15-10-7-11-16-86)77-52(87)32-72-54(89)34-82-17-19-83(35-55(90)91)21-23-85(37-57(94)95)24-22-84(20-18-82)36-56(92)93/h8-9,12-13,30-31,38-41,45,47-51,58,71H,7,10-11,14-29,32-37H2,1-6H3,(H2,68,96)(H2,69,97)(H,70,74)(H,72,89)(H,73,103)(H,75,99)(H,76,88)(H,77,87)(H,78,100)(H,79,101)(H,80,102)(H,81,98)(H,90,91)(H,92,93)(H,94,95)/t41-,45?,47-,48-,49-,50-,51-,58-/m0/s1. The van der Waals surface area contributed by atoms with Crippen LogP contribution in [-0.4, -0.2) is 303 Å². The van der Waals surface area contributed by atoms with Gasteiger partial charge < -0.3 is 89.5 Å². The number of carboxylic acid groups (broad SMARTS) is 3. The molecule has 2 aliphatic heterocycles. The Morgan fingerprint density at radius 3 is 1.53 bits per heavy atom. The van der Waals surface area contributed by atoms with Gasteiger partial charge in [-0.1, -0.05) is 45.9 Å². The molecular formula is C67H103N19O18S. The fourth-order valence-corrected chi connectivity index (χ4v) is 12.4. The van der Waals surface area contributed by atoms with Crippen LogP contribution >= 0.6 is 11.8 Å². The summed E-state index contributed by atoms with van der Waals surface area (Å²) in [6, 6.07) is -2.71. The molecule has 0 saturated carbocycles. The van der Waals surface area contributed by atoms with Crippen molar-refractivity contribution < 1.29 is 87.2 Å². The summed E-state index contributed by atoms with van der Waals surface area (Å²) in [5.74, 6) is -15.9. The number of fused-ring (bicyclic) bond motifs is 1. The van der Waals surface area contributed by atoms with E-state index in [4.69, 9.17) is 11.5 Å². The highest BCUT2D eigenvalue weighted by Gasteiger charge is 2.38. The van der Waals surface area contributed by atoms with Gasteiger partial charge in [-0.15, -0.1) is 0 Å². The second-order valence-electron chi connectivity index (χ2n) is 26.9. The third kappa shape index (κ3) is 30.1. The SMILES string of the molecule is CSCC[C@H](NC(=O)[C@H](CC(C)C)NC(=O)[C@H](Cc1cnc[nH]1)NC(=O)CNC(=O)[C@@H](NC(=O)[C@H](C)NC(=O)[C@H](Cc1c[nH]c2ccccc12)NC(=O)[C@H](CC(C(N)=O)C(=O)N1CCCCC1)NC(=O)CNC(=O)CN1CCN(CC(=O)O)CCN(CC(=O)O)CCN(CC(=O)O)CC1)C(C)C)C(N)=O. The number of hydrogen-bond donors (Lipinski definition) is 16. The van der Waals surface area contributed by atoms with Gasteiger partial charge in [0.15, 0.2) is 0 Å². The summed E-state index contributed by atoms with van der Waals surface area (Å²) in [5, 5.41) is 52.7. The van der Waals surface area contributed by atoms with Crippen molar-refractivity contribution in [2.45, 2.75) is 128 Å². The number of nitrogens with one attached hydrogen (secondary N) is 11. The van der Waals surface area contributed by atoms with E-state index >= 15 is 0 Å². The quantitative estimate of drug-likeness (QED) is 0.0238. The Bertz CT molecular complexity index is 3450. The lowest BCUT2D eigenvalue weighted by Crippen LogP contribution is -2.60. The number of hydrogen-bond acceptors (Lipinski definition) is 21. The molecule has 0 aliphatic carbocycles. The Morgan fingerprint density at radius 2 is 1.02 bits per heavy atom. The number of amides is 12. The molecule has 8 atom stereocenters. The topological polar surface area (TPSA) is 538 Å². The van der Waals surface area contributed by atoms with E-state index < -0.39 is 182 Å². The number of aliphatic carboxylic acids is 3. The number of aromatic nitrogens is 3. The number of benzene rings is 1. The lowest BCUT2D eigenvalue weighted by Gasteiger charge is -2.32. The second-order valence-corrected chi connectivity index (χ2v) is 27.9. The summed E-state index contributed by atoms with van der Waals surface area (Å²) in [6.45, 7) is 6.36. The Kier molecular flexibility index (Phi) is 35.5. The van der Waals surface area contributed by atoms with Crippen LogP contribution in [0.1, 0.15) is 84.4 Å². The van der Waals surface area contributed by atoms with Gasteiger partial charge in [0.2, 0.25) is 70.9 Å². The van der Waals surface area contributed by atoms with Crippen molar-refractivity contribution in [3.63, 3.8) is 0 Å². The number of likely N-dealkylation sites (tertiary alicyclic amines) is 1. The van der Waals surface area contributed by atoms with Gasteiger partial charge >= 0.3 is 17.9 Å². The van der Waals surface area contributed by atoms with E-state index in [1.54, 1.807) is 63.9 Å². The third-order valence-electron chi connectivity index (χ3n) is 17.6. The Morgan fingerprint density at radius 1 is 0.524 bits per heavy atom. The number of para-hydroxylation sites is 1. The van der Waals surface area contributed by atoms with E-state index in [0.717, 1.165) is 6.42 Å². The summed E-state index contributed by atoms with van der Waals surface area (Å²) < 4.78 is 0. The molecule has 0 radical (unpaired) electrons. The van der Waals surface area contributed by atoms with Crippen molar-refractivity contribution in [3.05, 3.63) is 54.2 Å². The van der Waals surface area contributed by atoms with Crippen LogP contribution in [-0.2, 0) is 84.8 Å². The lowest BCUT2D eigenvalue weighted by atomic mass is 9.95. The van der Waals surface area contributed by atoms with E-state index in [2.05, 4.69) is 62.8 Å². The van der Waals surface area contributed by atoms with E-state index in [0.29, 0.717) is 40.8 Å². The molecule has 1 unspecified atom stereocenters. The van der Waals surface area contributed by atoms with Gasteiger partial charge in [0.1, 0.15) is 48.2 Å². The minimum absolute atomic E-state index is 0.0678. The fourth-order valence-electron chi connectivity index (χ4n) is 11.9. The van der Waals surface area contributed by atoms with Crippen LogP contribution in [0.15, 0.2) is 43.0 Å². The molecule has 0 bridgehead atoms. The molecular weight excluding hydrogens is 1390 g/mol. The van der Waals surface area contributed by atoms with Crippen LogP contribution in [0.2, 0.25) is 0 Å². The number of H-pyrrole nitrogens is 2. The van der Waals surface area contributed by atoms with E-state index in [1.807, 2.05) is 20.1 Å². The van der Waals surface area contributed by atoms with Gasteiger partial charge in [-0.2, -0.15) is 11.8 Å². The number of piperidine rings is 1. The first-order valence-electron chi connectivity index (χ1n) is 34.9. The molecule has 2 aromatic heterocycles. The zero-order valence-corrected chi connectivity index (χ0v) is 61.0. The normalized spacial score (nSPS) is 16.7. The number of nitrogens with zero attached hydrogens (tertiary/aromatic N) is 6. The molecule has 12 amide bonds. The first kappa shape index (κ1) is 85.9. The van der Waals surface area contributed by atoms with Gasteiger partial charge in [-0.05, 0) is 80.9 Å². The van der Waals surface area contributed by atoms with Gasteiger partial charge in [0.25, 0.3) is 0 Å². The summed E-state index contributed by atoms with van der Waals surface area (Å²) in [7, 11) is 0. The van der Waals surface area contributed by atoms with Gasteiger partial charge in [-0.3, -0.25) is 91.5 Å². The molecule has 105 heavy (non-hydrogen) atoms. The summed E-state index contributed by atoms with van der Waals surface area (Å²) in [4.78, 5) is 219. The van der Waals surface area contributed by atoms with Crippen LogP contribution in [0.4, 0.5) is 0 Å². The average molecular weight is 1490 g/mol. The highest BCUT2D eigenvalue weighted by molar-refractivity contribution is 7.98. The molecule has 0 spiro atoms. The smallest absolute Gasteiger partial charge is 0.317 e. The Balaban J connectivity index is 1.33. The molecule has 37 nitrogen and oxygen atoms in total. The van der Waals surface area contributed by atoms with Crippen LogP contribution in [0, 0.1) is 17.8 Å². The molecule has 3 aromatic rings. The Hall–Kier alpha value is -9.79. The van der Waals surface area contributed by atoms with Crippen LogP contribution in [0.3, 0.4) is 0 Å². The molecule has 1 aromatic carbocycles. The number of carbonyl (C=O) groups excluding carboxylic acids is 12. The predicted molar refractivity (Wildman–Crippen MR) is 382 cm³/mol.